The molecule has 6 rings (SSSR count). The molecule has 1 unspecified atom stereocenters. The first-order chi connectivity index (χ1) is 16.6. The summed E-state index contributed by atoms with van der Waals surface area (Å²) in [6.45, 7) is 5.45. The predicted molar refractivity (Wildman–Crippen MR) is 128 cm³/mol. The number of pyridine rings is 2. The van der Waals surface area contributed by atoms with E-state index in [4.69, 9.17) is 9.72 Å². The zero-order chi connectivity index (χ0) is 23.1. The number of aromatic nitrogens is 4. The molecule has 0 spiro atoms. The number of rotatable bonds is 7. The standard InChI is InChI=1S/C26H26N6O2/c1-16(33)27-12-21-22-14-32(15-23(21)22)13-19-4-2-17-10-20(5-6-24(17)30-19)34-26-7-3-18(11-28-26)25-8-9-29-31-25/h2-11,21-23H,12-15H2,1H3,(H,27,33)(H,29,31)/t21?,22-,23+. The molecule has 3 aromatic heterocycles. The number of carbonyl (C=O) groups is 1. The lowest BCUT2D eigenvalue weighted by Gasteiger charge is -2.19. The van der Waals surface area contributed by atoms with Crippen molar-refractivity contribution in [3.05, 3.63) is 66.6 Å². The zero-order valence-electron chi connectivity index (χ0n) is 18.9. The van der Waals surface area contributed by atoms with Gasteiger partial charge in [-0.05, 0) is 54.2 Å². The first-order valence-corrected chi connectivity index (χ1v) is 11.6. The maximum Gasteiger partial charge on any atom is 0.219 e. The van der Waals surface area contributed by atoms with Gasteiger partial charge in [0.1, 0.15) is 5.75 Å². The van der Waals surface area contributed by atoms with Crippen molar-refractivity contribution in [1.82, 2.24) is 30.4 Å². The molecule has 0 radical (unpaired) electrons. The monoisotopic (exact) mass is 454 g/mol. The lowest BCUT2D eigenvalue weighted by Crippen LogP contribution is -2.29. The number of benzene rings is 1. The Labute approximate surface area is 197 Å². The normalized spacial score (nSPS) is 21.4. The van der Waals surface area contributed by atoms with Gasteiger partial charge in [0, 0.05) is 62.5 Å². The first kappa shape index (κ1) is 20.8. The summed E-state index contributed by atoms with van der Waals surface area (Å²) in [4.78, 5) is 22.9. The Morgan fingerprint density at radius 2 is 2.03 bits per heavy atom. The summed E-state index contributed by atoms with van der Waals surface area (Å²) in [7, 11) is 0. The second-order valence-corrected chi connectivity index (χ2v) is 9.24. The zero-order valence-corrected chi connectivity index (χ0v) is 18.9. The Bertz CT molecular complexity index is 1310. The second-order valence-electron chi connectivity index (χ2n) is 9.24. The highest BCUT2D eigenvalue weighted by Crippen LogP contribution is 2.51. The molecule has 4 heterocycles. The fourth-order valence-corrected chi connectivity index (χ4v) is 5.09. The van der Waals surface area contributed by atoms with Gasteiger partial charge in [0.25, 0.3) is 0 Å². The highest BCUT2D eigenvalue weighted by atomic mass is 16.5. The van der Waals surface area contributed by atoms with E-state index in [1.165, 1.54) is 0 Å². The highest BCUT2D eigenvalue weighted by molar-refractivity contribution is 5.80. The van der Waals surface area contributed by atoms with Crippen molar-refractivity contribution in [1.29, 1.82) is 0 Å². The SMILES string of the molecule is CC(=O)NCC1[C@H]2CN(Cc3ccc4cc(Oc5ccc(-c6ccn[nH]6)cn5)ccc4n3)C[C@@H]12. The molecule has 1 saturated carbocycles. The summed E-state index contributed by atoms with van der Waals surface area (Å²) in [5.41, 5.74) is 3.92. The molecular formula is C26H26N6O2. The third-order valence-electron chi connectivity index (χ3n) is 6.91. The number of hydrogen-bond donors (Lipinski definition) is 2. The average molecular weight is 455 g/mol. The molecule has 1 saturated heterocycles. The van der Waals surface area contributed by atoms with Crippen molar-refractivity contribution < 1.29 is 9.53 Å². The van der Waals surface area contributed by atoms with Gasteiger partial charge in [-0.3, -0.25) is 19.8 Å². The van der Waals surface area contributed by atoms with Gasteiger partial charge in [-0.25, -0.2) is 4.98 Å². The minimum atomic E-state index is 0.0650. The molecule has 1 amide bonds. The summed E-state index contributed by atoms with van der Waals surface area (Å²) in [6.07, 6.45) is 3.48. The van der Waals surface area contributed by atoms with Crippen LogP contribution in [-0.2, 0) is 11.3 Å². The molecule has 1 aliphatic carbocycles. The van der Waals surface area contributed by atoms with E-state index in [9.17, 15) is 4.79 Å². The smallest absolute Gasteiger partial charge is 0.219 e. The molecule has 2 fully saturated rings. The van der Waals surface area contributed by atoms with Gasteiger partial charge in [-0.1, -0.05) is 6.07 Å². The van der Waals surface area contributed by atoms with Gasteiger partial charge in [0.2, 0.25) is 11.8 Å². The van der Waals surface area contributed by atoms with Crippen molar-refractivity contribution in [2.24, 2.45) is 17.8 Å². The van der Waals surface area contributed by atoms with Crippen molar-refractivity contribution >= 4 is 16.8 Å². The predicted octanol–water partition coefficient (Wildman–Crippen LogP) is 3.63. The van der Waals surface area contributed by atoms with Crippen LogP contribution in [-0.4, -0.2) is 50.6 Å². The van der Waals surface area contributed by atoms with E-state index in [0.29, 0.717) is 23.6 Å². The van der Waals surface area contributed by atoms with Gasteiger partial charge in [-0.2, -0.15) is 5.10 Å². The fraction of sp³-hybridized carbons (Fsp3) is 0.308. The molecule has 1 aliphatic heterocycles. The van der Waals surface area contributed by atoms with E-state index < -0.39 is 0 Å². The van der Waals surface area contributed by atoms with Gasteiger partial charge in [0.05, 0.1) is 16.9 Å². The van der Waals surface area contributed by atoms with Crippen LogP contribution in [0.2, 0.25) is 0 Å². The molecule has 4 aromatic rings. The minimum absolute atomic E-state index is 0.0650. The summed E-state index contributed by atoms with van der Waals surface area (Å²) in [5.74, 6) is 3.42. The Morgan fingerprint density at radius 3 is 2.76 bits per heavy atom. The molecule has 0 bridgehead atoms. The minimum Gasteiger partial charge on any atom is -0.439 e. The summed E-state index contributed by atoms with van der Waals surface area (Å²) in [5, 5.41) is 10.9. The second kappa shape index (κ2) is 8.53. The number of amides is 1. The fourth-order valence-electron chi connectivity index (χ4n) is 5.09. The Balaban J connectivity index is 1.07. The Kier molecular flexibility index (Phi) is 5.22. The van der Waals surface area contributed by atoms with Crippen molar-refractivity contribution in [3.63, 3.8) is 0 Å². The van der Waals surface area contributed by atoms with Crippen LogP contribution in [0.1, 0.15) is 12.6 Å². The number of piperidine rings is 1. The maximum absolute atomic E-state index is 11.1. The highest BCUT2D eigenvalue weighted by Gasteiger charge is 2.55. The van der Waals surface area contributed by atoms with E-state index in [-0.39, 0.29) is 5.91 Å². The van der Waals surface area contributed by atoms with E-state index in [1.54, 1.807) is 19.3 Å². The van der Waals surface area contributed by atoms with E-state index in [1.807, 2.05) is 36.4 Å². The topological polar surface area (TPSA) is 96.0 Å². The van der Waals surface area contributed by atoms with E-state index in [0.717, 1.165) is 59.8 Å². The van der Waals surface area contributed by atoms with Crippen LogP contribution in [0.4, 0.5) is 0 Å². The number of H-pyrrole nitrogens is 1. The van der Waals surface area contributed by atoms with Crippen LogP contribution in [0, 0.1) is 17.8 Å². The number of likely N-dealkylation sites (tertiary alicyclic amines) is 1. The molecule has 2 N–H and O–H groups in total. The van der Waals surface area contributed by atoms with Gasteiger partial charge < -0.3 is 10.1 Å². The first-order valence-electron chi connectivity index (χ1n) is 11.6. The van der Waals surface area contributed by atoms with Crippen LogP contribution in [0.3, 0.4) is 0 Å². The molecule has 8 heteroatoms. The molecule has 3 atom stereocenters. The van der Waals surface area contributed by atoms with Gasteiger partial charge in [-0.15, -0.1) is 0 Å². The Hall–Kier alpha value is -3.78. The molecule has 2 aliphatic rings. The lowest BCUT2D eigenvalue weighted by atomic mass is 10.2. The van der Waals surface area contributed by atoms with Crippen LogP contribution in [0.5, 0.6) is 11.6 Å². The van der Waals surface area contributed by atoms with Gasteiger partial charge >= 0.3 is 0 Å². The van der Waals surface area contributed by atoms with Crippen molar-refractivity contribution in [2.45, 2.75) is 13.5 Å². The number of nitrogens with zero attached hydrogens (tertiary/aromatic N) is 4. The molecule has 172 valence electrons. The summed E-state index contributed by atoms with van der Waals surface area (Å²) >= 11 is 0. The summed E-state index contributed by atoms with van der Waals surface area (Å²) in [6, 6.07) is 15.8. The molecule has 1 aromatic carbocycles. The average Bonchev–Trinajstić information content (AvgIpc) is 3.20. The number of hydrogen-bond acceptors (Lipinski definition) is 6. The van der Waals surface area contributed by atoms with Crippen LogP contribution in [0.15, 0.2) is 60.9 Å². The largest absolute Gasteiger partial charge is 0.439 e. The van der Waals surface area contributed by atoms with E-state index in [2.05, 4.69) is 37.5 Å². The molecule has 34 heavy (non-hydrogen) atoms. The third kappa shape index (κ3) is 4.24. The maximum atomic E-state index is 11.1. The number of fused-ring (bicyclic) bond motifs is 2. The van der Waals surface area contributed by atoms with Crippen molar-refractivity contribution in [2.75, 3.05) is 19.6 Å². The van der Waals surface area contributed by atoms with Gasteiger partial charge in [0.15, 0.2) is 0 Å². The van der Waals surface area contributed by atoms with Crippen LogP contribution < -0.4 is 10.1 Å². The lowest BCUT2D eigenvalue weighted by molar-refractivity contribution is -0.119. The third-order valence-corrected chi connectivity index (χ3v) is 6.91. The number of aromatic amines is 1. The van der Waals surface area contributed by atoms with Crippen LogP contribution in [0.25, 0.3) is 22.2 Å². The number of nitrogens with one attached hydrogen (secondary N) is 2. The summed E-state index contributed by atoms with van der Waals surface area (Å²) < 4.78 is 5.96. The van der Waals surface area contributed by atoms with Crippen molar-refractivity contribution in [3.8, 4) is 22.9 Å². The molecule has 8 nitrogen and oxygen atoms in total. The molecular weight excluding hydrogens is 428 g/mol. The van der Waals surface area contributed by atoms with Crippen LogP contribution >= 0.6 is 0 Å². The van der Waals surface area contributed by atoms with E-state index >= 15 is 0 Å². The quantitative estimate of drug-likeness (QED) is 0.443. The number of ether oxygens (including phenoxy) is 1. The Morgan fingerprint density at radius 1 is 1.15 bits per heavy atom. The number of carbonyl (C=O) groups excluding carboxylic acids is 1.